The molecule has 0 bridgehead atoms. The Bertz CT molecular complexity index is 1320. The molecule has 11 heteroatoms. The number of primary amides is 1. The van der Waals surface area contributed by atoms with Gasteiger partial charge in [0.05, 0.1) is 11.6 Å². The molecule has 1 aromatic carbocycles. The van der Waals surface area contributed by atoms with E-state index in [0.717, 1.165) is 24.2 Å². The summed E-state index contributed by atoms with van der Waals surface area (Å²) in [5.41, 5.74) is 4.17. The van der Waals surface area contributed by atoms with Gasteiger partial charge in [0.2, 0.25) is 5.78 Å². The first-order valence-corrected chi connectivity index (χ1v) is 13.1. The van der Waals surface area contributed by atoms with E-state index < -0.39 is 58.0 Å². The van der Waals surface area contributed by atoms with Gasteiger partial charge in [0, 0.05) is 37.8 Å². The van der Waals surface area contributed by atoms with Gasteiger partial charge in [0.1, 0.15) is 22.8 Å². The standard InChI is InChI=1S/C28H38N4O7/c1-7-8-32(6)12-14-11-17(33)19-15(21(14)30(2)3)9-13-10-16-22(31(4)5)24(35)20(27(29)38)26(37)28(16,39)25(36)18(13)23(19)34/h11,13,16,22,33-34,37,39H,7-10,12H2,1-6H3,(H2,29,38)/t13-,16-,22-,28-/m0/s1. The number of hydrogen-bond donors (Lipinski definition) is 5. The topological polar surface area (TPSA) is 168 Å². The summed E-state index contributed by atoms with van der Waals surface area (Å²) in [6.45, 7) is 3.48. The Morgan fingerprint density at radius 2 is 1.77 bits per heavy atom. The average molecular weight is 543 g/mol. The summed E-state index contributed by atoms with van der Waals surface area (Å²) < 4.78 is 0. The molecule has 0 radical (unpaired) electrons. The van der Waals surface area contributed by atoms with E-state index >= 15 is 0 Å². The lowest BCUT2D eigenvalue weighted by Crippen LogP contribution is -2.65. The lowest BCUT2D eigenvalue weighted by molar-refractivity contribution is -0.153. The molecule has 0 saturated heterocycles. The third kappa shape index (κ3) is 4.19. The number of phenols is 1. The Balaban J connectivity index is 1.95. The number of aliphatic hydroxyl groups is 3. The molecule has 6 N–H and O–H groups in total. The number of nitrogens with zero attached hydrogens (tertiary/aromatic N) is 3. The summed E-state index contributed by atoms with van der Waals surface area (Å²) in [5, 5.41) is 45.2. The van der Waals surface area contributed by atoms with E-state index in [2.05, 4.69) is 11.8 Å². The number of anilines is 1. The molecule has 0 aromatic heterocycles. The van der Waals surface area contributed by atoms with Crippen LogP contribution in [0.1, 0.15) is 36.5 Å². The van der Waals surface area contributed by atoms with Crippen molar-refractivity contribution in [3.8, 4) is 5.75 Å². The molecule has 0 unspecified atom stereocenters. The minimum atomic E-state index is -2.65. The SMILES string of the molecule is CCCN(C)Cc1cc(O)c2c(c1N(C)C)C[C@H]1C[C@H]3[C@H](N(C)C)C(=O)C(C(N)=O)=C(O)[C@@]3(O)C(=O)C1=C2O. The fourth-order valence-corrected chi connectivity index (χ4v) is 6.80. The zero-order valence-electron chi connectivity index (χ0n) is 23.3. The average Bonchev–Trinajstić information content (AvgIpc) is 2.80. The van der Waals surface area contributed by atoms with Crippen molar-refractivity contribution >= 4 is 28.9 Å². The van der Waals surface area contributed by atoms with Crippen LogP contribution in [0, 0.1) is 11.8 Å². The molecule has 4 atom stereocenters. The molecule has 4 rings (SSSR count). The van der Waals surface area contributed by atoms with E-state index in [9.17, 15) is 34.8 Å². The minimum Gasteiger partial charge on any atom is -0.508 e. The third-order valence-corrected chi connectivity index (χ3v) is 8.26. The van der Waals surface area contributed by atoms with Crippen molar-refractivity contribution in [3.05, 3.63) is 39.7 Å². The molecular weight excluding hydrogens is 504 g/mol. The predicted octanol–water partition coefficient (Wildman–Crippen LogP) is 0.872. The molecule has 1 saturated carbocycles. The zero-order valence-corrected chi connectivity index (χ0v) is 23.3. The van der Waals surface area contributed by atoms with Gasteiger partial charge in [-0.15, -0.1) is 0 Å². The summed E-state index contributed by atoms with van der Waals surface area (Å²) >= 11 is 0. The van der Waals surface area contributed by atoms with Crippen LogP contribution >= 0.6 is 0 Å². The van der Waals surface area contributed by atoms with Gasteiger partial charge in [-0.25, -0.2) is 0 Å². The first kappa shape index (κ1) is 28.6. The number of nitrogens with two attached hydrogens (primary N) is 1. The molecule has 0 heterocycles. The summed E-state index contributed by atoms with van der Waals surface area (Å²) in [6.07, 6.45) is 1.26. The number of phenolic OH excluding ortho intramolecular Hbond substituents is 1. The van der Waals surface area contributed by atoms with Gasteiger partial charge < -0.3 is 36.0 Å². The van der Waals surface area contributed by atoms with Gasteiger partial charge in [0.25, 0.3) is 5.91 Å². The van der Waals surface area contributed by atoms with Crippen LogP contribution in [-0.4, -0.2) is 101 Å². The number of fused-ring (bicyclic) bond motifs is 3. The van der Waals surface area contributed by atoms with Gasteiger partial charge >= 0.3 is 0 Å². The quantitative estimate of drug-likeness (QED) is 0.312. The normalized spacial score (nSPS) is 26.6. The second-order valence-electron chi connectivity index (χ2n) is 11.4. The highest BCUT2D eigenvalue weighted by molar-refractivity contribution is 6.24. The molecule has 212 valence electrons. The highest BCUT2D eigenvalue weighted by Gasteiger charge is 2.64. The molecule has 3 aliphatic rings. The van der Waals surface area contributed by atoms with Crippen LogP contribution in [0.15, 0.2) is 23.0 Å². The Labute approximate surface area is 227 Å². The van der Waals surface area contributed by atoms with E-state index in [-0.39, 0.29) is 29.7 Å². The third-order valence-electron chi connectivity index (χ3n) is 8.26. The maximum atomic E-state index is 14.0. The monoisotopic (exact) mass is 542 g/mol. The van der Waals surface area contributed by atoms with Crippen molar-refractivity contribution in [1.82, 2.24) is 9.80 Å². The fourth-order valence-electron chi connectivity index (χ4n) is 6.80. The van der Waals surface area contributed by atoms with Gasteiger partial charge in [0.15, 0.2) is 11.4 Å². The predicted molar refractivity (Wildman–Crippen MR) is 145 cm³/mol. The maximum Gasteiger partial charge on any atom is 0.255 e. The van der Waals surface area contributed by atoms with Gasteiger partial charge in [-0.1, -0.05) is 6.92 Å². The van der Waals surface area contributed by atoms with Gasteiger partial charge in [-0.2, -0.15) is 0 Å². The molecule has 3 aliphatic carbocycles. The van der Waals surface area contributed by atoms with Crippen LogP contribution < -0.4 is 10.6 Å². The van der Waals surface area contributed by atoms with E-state index in [0.29, 0.717) is 12.1 Å². The number of carbonyl (C=O) groups is 3. The summed E-state index contributed by atoms with van der Waals surface area (Å²) in [7, 11) is 8.88. The Kier molecular flexibility index (Phi) is 7.30. The smallest absolute Gasteiger partial charge is 0.255 e. The summed E-state index contributed by atoms with van der Waals surface area (Å²) in [5.74, 6) is -6.54. The highest BCUT2D eigenvalue weighted by atomic mass is 16.3. The molecule has 39 heavy (non-hydrogen) atoms. The van der Waals surface area contributed by atoms with Crippen LogP contribution in [0.2, 0.25) is 0 Å². The molecule has 0 spiro atoms. The number of benzene rings is 1. The van der Waals surface area contributed by atoms with Crippen LogP contribution in [0.3, 0.4) is 0 Å². The molecule has 11 nitrogen and oxygen atoms in total. The van der Waals surface area contributed by atoms with Crippen LogP contribution in [0.25, 0.3) is 5.76 Å². The molecule has 1 amide bonds. The van der Waals surface area contributed by atoms with Gasteiger partial charge in [-0.3, -0.25) is 19.3 Å². The number of aromatic hydroxyl groups is 1. The summed E-state index contributed by atoms with van der Waals surface area (Å²) in [4.78, 5) is 44.8. The number of amides is 1. The number of hydrogen-bond acceptors (Lipinski definition) is 10. The van der Waals surface area contributed by atoms with E-state index in [4.69, 9.17) is 5.73 Å². The Hall–Kier alpha value is -3.41. The highest BCUT2D eigenvalue weighted by Crippen LogP contribution is 2.54. The molecular formula is C28H38N4O7. The first-order chi connectivity index (χ1) is 18.2. The largest absolute Gasteiger partial charge is 0.508 e. The fraction of sp³-hybridized carbons (Fsp3) is 0.536. The van der Waals surface area contributed by atoms with E-state index in [1.54, 1.807) is 20.2 Å². The maximum absolute atomic E-state index is 14.0. The molecule has 1 fully saturated rings. The second kappa shape index (κ2) is 9.96. The second-order valence-corrected chi connectivity index (χ2v) is 11.4. The number of Topliss-reactive ketones (excluding diaryl/α,β-unsaturated/α-hetero) is 2. The summed E-state index contributed by atoms with van der Waals surface area (Å²) in [6, 6.07) is 0.463. The van der Waals surface area contributed by atoms with Gasteiger partial charge in [-0.05, 0) is 70.1 Å². The van der Waals surface area contributed by atoms with Crippen LogP contribution in [0.5, 0.6) is 5.75 Å². The van der Waals surface area contributed by atoms with E-state index in [1.807, 2.05) is 26.0 Å². The lowest BCUT2D eigenvalue weighted by Gasteiger charge is -2.50. The number of ketones is 2. The Morgan fingerprint density at radius 1 is 1.13 bits per heavy atom. The van der Waals surface area contributed by atoms with Crippen molar-refractivity contribution in [2.45, 2.75) is 44.4 Å². The van der Waals surface area contributed by atoms with Crippen molar-refractivity contribution < 1.29 is 34.8 Å². The van der Waals surface area contributed by atoms with Crippen molar-refractivity contribution in [3.63, 3.8) is 0 Å². The zero-order chi connectivity index (χ0) is 29.1. The number of rotatable bonds is 7. The van der Waals surface area contributed by atoms with E-state index in [1.165, 1.54) is 4.90 Å². The number of carbonyl (C=O) groups excluding carboxylic acids is 3. The van der Waals surface area contributed by atoms with Crippen molar-refractivity contribution in [2.75, 3.05) is 46.7 Å². The number of likely N-dealkylation sites (N-methyl/N-ethyl adjacent to an activating group) is 1. The lowest BCUT2D eigenvalue weighted by atomic mass is 9.57. The number of aliphatic hydroxyl groups excluding tert-OH is 2. The Morgan fingerprint density at radius 3 is 2.31 bits per heavy atom. The molecule has 0 aliphatic heterocycles. The van der Waals surface area contributed by atoms with Crippen molar-refractivity contribution in [2.24, 2.45) is 17.6 Å². The van der Waals surface area contributed by atoms with Crippen molar-refractivity contribution in [1.29, 1.82) is 0 Å². The van der Waals surface area contributed by atoms with Crippen LogP contribution in [-0.2, 0) is 27.3 Å². The van der Waals surface area contributed by atoms with Crippen LogP contribution in [0.4, 0.5) is 5.69 Å². The first-order valence-electron chi connectivity index (χ1n) is 13.1. The minimum absolute atomic E-state index is 0.0549. The molecule has 1 aromatic rings.